The molecule has 0 amide bonds. The third-order valence-electron chi connectivity index (χ3n) is 2.38. The van der Waals surface area contributed by atoms with E-state index in [9.17, 15) is 4.79 Å². The van der Waals surface area contributed by atoms with E-state index in [1.165, 1.54) is 10.8 Å². The number of hydrogen-bond donors (Lipinski definition) is 0. The Morgan fingerprint density at radius 3 is 2.87 bits per heavy atom. The van der Waals surface area contributed by atoms with E-state index in [0.29, 0.717) is 6.54 Å². The predicted molar refractivity (Wildman–Crippen MR) is 59.2 cm³/mol. The second-order valence-electron chi connectivity index (χ2n) is 3.93. The lowest BCUT2D eigenvalue weighted by molar-refractivity contribution is 0.0118. The van der Waals surface area contributed by atoms with Crippen molar-refractivity contribution < 1.29 is 4.74 Å². The van der Waals surface area contributed by atoms with Crippen molar-refractivity contribution in [2.75, 3.05) is 7.11 Å². The first-order valence-electron chi connectivity index (χ1n) is 4.72. The molecule has 0 saturated heterocycles. The van der Waals surface area contributed by atoms with Gasteiger partial charge in [0.1, 0.15) is 0 Å². The van der Waals surface area contributed by atoms with Gasteiger partial charge in [-0.1, -0.05) is 11.6 Å². The van der Waals surface area contributed by atoms with Crippen molar-refractivity contribution in [2.24, 2.45) is 0 Å². The number of hydrogen-bond acceptors (Lipinski definition) is 3. The Morgan fingerprint density at radius 2 is 2.27 bits per heavy atom. The smallest absolute Gasteiger partial charge is 0.288 e. The van der Waals surface area contributed by atoms with E-state index in [4.69, 9.17) is 16.3 Å². The van der Waals surface area contributed by atoms with Gasteiger partial charge in [-0.2, -0.15) is 0 Å². The van der Waals surface area contributed by atoms with Crippen molar-refractivity contribution in [3.63, 3.8) is 0 Å². The normalized spacial score (nSPS) is 11.7. The van der Waals surface area contributed by atoms with Crippen LogP contribution in [0.3, 0.4) is 0 Å². The third-order valence-corrected chi connectivity index (χ3v) is 2.64. The van der Waals surface area contributed by atoms with Crippen LogP contribution >= 0.6 is 11.6 Å². The van der Waals surface area contributed by atoms with E-state index in [1.54, 1.807) is 13.3 Å². The molecule has 0 saturated carbocycles. The Bertz CT molecular complexity index is 387. The molecule has 0 aliphatic heterocycles. The van der Waals surface area contributed by atoms with E-state index in [1.807, 2.05) is 13.8 Å². The van der Waals surface area contributed by atoms with Gasteiger partial charge in [0.25, 0.3) is 5.56 Å². The van der Waals surface area contributed by atoms with Crippen LogP contribution in [0.25, 0.3) is 0 Å². The largest absolute Gasteiger partial charge is 0.379 e. The summed E-state index contributed by atoms with van der Waals surface area (Å²) in [7, 11) is 1.66. The van der Waals surface area contributed by atoms with E-state index in [0.717, 1.165) is 6.42 Å². The zero-order valence-corrected chi connectivity index (χ0v) is 9.91. The minimum atomic E-state index is -0.258. The Morgan fingerprint density at radius 1 is 1.60 bits per heavy atom. The van der Waals surface area contributed by atoms with Crippen LogP contribution in [0.1, 0.15) is 20.3 Å². The summed E-state index contributed by atoms with van der Waals surface area (Å²) in [5, 5.41) is 0.00715. The van der Waals surface area contributed by atoms with Crippen LogP contribution < -0.4 is 5.56 Å². The first-order valence-corrected chi connectivity index (χ1v) is 5.10. The molecule has 1 rings (SSSR count). The molecule has 5 heteroatoms. The molecule has 0 atom stereocenters. The van der Waals surface area contributed by atoms with Crippen LogP contribution in [0.5, 0.6) is 0 Å². The second-order valence-corrected chi connectivity index (χ2v) is 4.29. The van der Waals surface area contributed by atoms with Crippen molar-refractivity contribution in [3.05, 3.63) is 27.9 Å². The van der Waals surface area contributed by atoms with Gasteiger partial charge in [0.05, 0.1) is 5.60 Å². The molecule has 0 spiro atoms. The molecule has 0 fully saturated rings. The molecule has 0 aliphatic carbocycles. The van der Waals surface area contributed by atoms with Crippen molar-refractivity contribution in [3.8, 4) is 0 Å². The van der Waals surface area contributed by atoms with E-state index in [-0.39, 0.29) is 16.3 Å². The van der Waals surface area contributed by atoms with Crippen LogP contribution in [0.15, 0.2) is 17.2 Å². The number of aromatic nitrogens is 2. The maximum atomic E-state index is 11.5. The number of ether oxygens (including phenoxy) is 1. The van der Waals surface area contributed by atoms with Gasteiger partial charge in [0, 0.05) is 26.0 Å². The fourth-order valence-electron chi connectivity index (χ4n) is 1.09. The number of nitrogens with zero attached hydrogens (tertiary/aromatic N) is 2. The topological polar surface area (TPSA) is 44.1 Å². The van der Waals surface area contributed by atoms with Gasteiger partial charge in [0.15, 0.2) is 5.15 Å². The summed E-state index contributed by atoms with van der Waals surface area (Å²) < 4.78 is 6.80. The van der Waals surface area contributed by atoms with Gasteiger partial charge in [-0.25, -0.2) is 4.98 Å². The van der Waals surface area contributed by atoms with E-state index in [2.05, 4.69) is 4.98 Å². The maximum Gasteiger partial charge on any atom is 0.288 e. The SMILES string of the molecule is COC(C)(C)CCn1ccnc(Cl)c1=O. The van der Waals surface area contributed by atoms with Gasteiger partial charge in [-0.15, -0.1) is 0 Å². The number of halogens is 1. The summed E-state index contributed by atoms with van der Waals surface area (Å²) in [5.74, 6) is 0. The van der Waals surface area contributed by atoms with Gasteiger partial charge in [-0.05, 0) is 20.3 Å². The Balaban J connectivity index is 2.75. The van der Waals surface area contributed by atoms with Crippen molar-refractivity contribution in [2.45, 2.75) is 32.4 Å². The lowest BCUT2D eigenvalue weighted by Gasteiger charge is -2.22. The molecule has 0 aromatic carbocycles. The second kappa shape index (κ2) is 4.77. The molecule has 0 radical (unpaired) electrons. The minimum Gasteiger partial charge on any atom is -0.379 e. The molecule has 1 heterocycles. The highest BCUT2D eigenvalue weighted by molar-refractivity contribution is 6.29. The zero-order chi connectivity index (χ0) is 11.5. The van der Waals surface area contributed by atoms with Gasteiger partial charge in [-0.3, -0.25) is 4.79 Å². The van der Waals surface area contributed by atoms with Gasteiger partial charge in [0.2, 0.25) is 0 Å². The predicted octanol–water partition coefficient (Wildman–Crippen LogP) is 1.71. The Kier molecular flexibility index (Phi) is 3.88. The zero-order valence-electron chi connectivity index (χ0n) is 9.16. The van der Waals surface area contributed by atoms with Crippen LogP contribution in [0.2, 0.25) is 5.15 Å². The number of aryl methyl sites for hydroxylation is 1. The van der Waals surface area contributed by atoms with Crippen LogP contribution in [-0.4, -0.2) is 22.3 Å². The van der Waals surface area contributed by atoms with E-state index >= 15 is 0 Å². The summed E-state index contributed by atoms with van der Waals surface area (Å²) in [6.07, 6.45) is 3.88. The summed E-state index contributed by atoms with van der Waals surface area (Å²) in [6.45, 7) is 4.52. The van der Waals surface area contributed by atoms with Crippen molar-refractivity contribution in [1.82, 2.24) is 9.55 Å². The summed E-state index contributed by atoms with van der Waals surface area (Å²) >= 11 is 5.62. The fourth-order valence-corrected chi connectivity index (χ4v) is 1.25. The molecule has 0 bridgehead atoms. The fraction of sp³-hybridized carbons (Fsp3) is 0.600. The molecular weight excluding hydrogens is 216 g/mol. The molecule has 84 valence electrons. The molecule has 15 heavy (non-hydrogen) atoms. The highest BCUT2D eigenvalue weighted by Gasteiger charge is 2.16. The molecule has 4 nitrogen and oxygen atoms in total. The summed E-state index contributed by atoms with van der Waals surface area (Å²) in [4.78, 5) is 15.2. The van der Waals surface area contributed by atoms with Crippen LogP contribution in [0, 0.1) is 0 Å². The highest BCUT2D eigenvalue weighted by atomic mass is 35.5. The summed E-state index contributed by atoms with van der Waals surface area (Å²) in [6, 6.07) is 0. The van der Waals surface area contributed by atoms with Crippen LogP contribution in [-0.2, 0) is 11.3 Å². The first kappa shape index (κ1) is 12.2. The maximum absolute atomic E-state index is 11.5. The molecular formula is C10H15ClN2O2. The van der Waals surface area contributed by atoms with Crippen molar-refractivity contribution in [1.29, 1.82) is 0 Å². The van der Waals surface area contributed by atoms with Gasteiger partial charge < -0.3 is 9.30 Å². The monoisotopic (exact) mass is 230 g/mol. The molecule has 1 aromatic rings. The average Bonchev–Trinajstić information content (AvgIpc) is 2.20. The van der Waals surface area contributed by atoms with E-state index < -0.39 is 0 Å². The highest BCUT2D eigenvalue weighted by Crippen LogP contribution is 2.13. The lowest BCUT2D eigenvalue weighted by atomic mass is 10.1. The first-order chi connectivity index (χ1) is 6.96. The molecule has 0 aliphatic rings. The number of methoxy groups -OCH3 is 1. The lowest BCUT2D eigenvalue weighted by Crippen LogP contribution is -2.28. The quantitative estimate of drug-likeness (QED) is 0.791. The minimum absolute atomic E-state index is 0.00715. The van der Waals surface area contributed by atoms with Crippen LogP contribution in [0.4, 0.5) is 0 Å². The molecule has 0 N–H and O–H groups in total. The Labute approximate surface area is 93.8 Å². The standard InChI is InChI=1S/C10H15ClN2O2/c1-10(2,15-3)4-6-13-7-5-12-8(11)9(13)14/h5,7H,4,6H2,1-3H3. The molecule has 0 unspecified atom stereocenters. The Hall–Kier alpha value is -0.870. The third kappa shape index (κ3) is 3.32. The summed E-state index contributed by atoms with van der Waals surface area (Å²) in [5.41, 5.74) is -0.499. The number of rotatable bonds is 4. The van der Waals surface area contributed by atoms with Gasteiger partial charge >= 0.3 is 0 Å². The average molecular weight is 231 g/mol. The van der Waals surface area contributed by atoms with Crippen molar-refractivity contribution >= 4 is 11.6 Å². The molecule has 1 aromatic heterocycles.